The molecule has 0 spiro atoms. The zero-order valence-electron chi connectivity index (χ0n) is 8.26. The highest BCUT2D eigenvalue weighted by Crippen LogP contribution is 2.17. The van der Waals surface area contributed by atoms with Crippen LogP contribution in [0.5, 0.6) is 0 Å². The average Bonchev–Trinajstić information content (AvgIpc) is 2.09. The van der Waals surface area contributed by atoms with Crippen molar-refractivity contribution in [3.63, 3.8) is 0 Å². The van der Waals surface area contributed by atoms with Crippen molar-refractivity contribution in [1.82, 2.24) is 10.2 Å². The minimum absolute atomic E-state index is 0.0700. The Bertz CT molecular complexity index is 258. The van der Waals surface area contributed by atoms with Crippen molar-refractivity contribution in [1.29, 1.82) is 0 Å². The second-order valence-electron chi connectivity index (χ2n) is 3.30. The van der Waals surface area contributed by atoms with Gasteiger partial charge in [0.05, 0.1) is 11.7 Å². The van der Waals surface area contributed by atoms with Crippen LogP contribution < -0.4 is 5.32 Å². The maximum Gasteiger partial charge on any atom is 0.267 e. The fraction of sp³-hybridized carbons (Fsp3) is 0.500. The summed E-state index contributed by atoms with van der Waals surface area (Å²) in [5.41, 5.74) is 1.60. The number of hydrogen-bond donors (Lipinski definition) is 1. The summed E-state index contributed by atoms with van der Waals surface area (Å²) in [6, 6.07) is 0.204. The van der Waals surface area contributed by atoms with Crippen molar-refractivity contribution in [2.75, 3.05) is 13.1 Å². The van der Waals surface area contributed by atoms with E-state index in [0.29, 0.717) is 12.2 Å². The number of carbonyl (C=O) groups excluding carboxylic acids is 1. The van der Waals surface area contributed by atoms with Gasteiger partial charge in [-0.25, -0.2) is 0 Å². The van der Waals surface area contributed by atoms with E-state index in [2.05, 4.69) is 18.5 Å². The van der Waals surface area contributed by atoms with E-state index >= 15 is 0 Å². The summed E-state index contributed by atoms with van der Waals surface area (Å²) in [6.07, 6.45) is 0. The van der Waals surface area contributed by atoms with Gasteiger partial charge in [0, 0.05) is 13.1 Å². The van der Waals surface area contributed by atoms with Gasteiger partial charge < -0.3 is 10.2 Å². The summed E-state index contributed by atoms with van der Waals surface area (Å²) in [6.45, 7) is 13.1. The summed E-state index contributed by atoms with van der Waals surface area (Å²) >= 11 is 0. The van der Waals surface area contributed by atoms with Crippen LogP contribution in [-0.4, -0.2) is 29.9 Å². The fourth-order valence-corrected chi connectivity index (χ4v) is 1.57. The zero-order valence-corrected chi connectivity index (χ0v) is 8.26. The highest BCUT2D eigenvalue weighted by molar-refractivity contribution is 5.93. The van der Waals surface area contributed by atoms with E-state index in [-0.39, 0.29) is 11.9 Å². The number of nitrogens with zero attached hydrogens (tertiary/aromatic N) is 1. The topological polar surface area (TPSA) is 32.3 Å². The molecule has 0 aromatic carbocycles. The summed E-state index contributed by atoms with van der Waals surface area (Å²) in [5.74, 6) is -0.0700. The minimum atomic E-state index is -0.0700. The molecule has 0 radical (unpaired) electrons. The van der Waals surface area contributed by atoms with Crippen LogP contribution >= 0.6 is 0 Å². The third kappa shape index (κ3) is 1.74. The van der Waals surface area contributed by atoms with Crippen molar-refractivity contribution in [3.05, 3.63) is 24.4 Å². The van der Waals surface area contributed by atoms with Crippen LogP contribution in [0.1, 0.15) is 13.8 Å². The minimum Gasteiger partial charge on any atom is -0.359 e. The molecule has 1 fully saturated rings. The Balaban J connectivity index is 2.83. The molecular weight excluding hydrogens is 164 g/mol. The molecule has 1 N–H and O–H groups in total. The number of likely N-dealkylation sites (N-methyl/N-ethyl adjacent to an activating group) is 1. The largest absolute Gasteiger partial charge is 0.359 e. The summed E-state index contributed by atoms with van der Waals surface area (Å²) in [4.78, 5) is 13.2. The van der Waals surface area contributed by atoms with Crippen LogP contribution in [-0.2, 0) is 4.79 Å². The molecule has 1 unspecified atom stereocenters. The lowest BCUT2D eigenvalue weighted by molar-refractivity contribution is -0.121. The SMILES string of the molecule is C=C(C)C1CNC(=O)C(=C)N1CC. The van der Waals surface area contributed by atoms with E-state index in [4.69, 9.17) is 0 Å². The lowest BCUT2D eigenvalue weighted by atomic mass is 10.1. The van der Waals surface area contributed by atoms with Crippen LogP contribution in [0.3, 0.4) is 0 Å². The number of piperazine rings is 1. The Kier molecular flexibility index (Phi) is 2.76. The van der Waals surface area contributed by atoms with Gasteiger partial charge in [0.25, 0.3) is 5.91 Å². The molecule has 13 heavy (non-hydrogen) atoms. The molecule has 72 valence electrons. The van der Waals surface area contributed by atoms with Crippen LogP contribution in [0.2, 0.25) is 0 Å². The first kappa shape index (κ1) is 9.84. The Labute approximate surface area is 79.1 Å². The monoisotopic (exact) mass is 180 g/mol. The van der Waals surface area contributed by atoms with Gasteiger partial charge in [0.2, 0.25) is 0 Å². The van der Waals surface area contributed by atoms with Crippen molar-refractivity contribution in [3.8, 4) is 0 Å². The maximum atomic E-state index is 11.2. The normalized spacial score (nSPS) is 22.9. The highest BCUT2D eigenvalue weighted by atomic mass is 16.2. The first-order valence-electron chi connectivity index (χ1n) is 4.47. The van der Waals surface area contributed by atoms with Gasteiger partial charge in [-0.3, -0.25) is 4.79 Å². The molecule has 3 nitrogen and oxygen atoms in total. The molecule has 1 saturated heterocycles. The van der Waals surface area contributed by atoms with Crippen molar-refractivity contribution < 1.29 is 4.79 Å². The quantitative estimate of drug-likeness (QED) is 0.506. The van der Waals surface area contributed by atoms with E-state index in [1.54, 1.807) is 0 Å². The molecule has 3 heteroatoms. The van der Waals surface area contributed by atoms with Gasteiger partial charge in [-0.1, -0.05) is 18.7 Å². The van der Waals surface area contributed by atoms with Gasteiger partial charge in [0.15, 0.2) is 0 Å². The average molecular weight is 180 g/mol. The lowest BCUT2D eigenvalue weighted by Crippen LogP contribution is -2.52. The van der Waals surface area contributed by atoms with Crippen LogP contribution in [0.15, 0.2) is 24.4 Å². The van der Waals surface area contributed by atoms with Crippen molar-refractivity contribution >= 4 is 5.91 Å². The van der Waals surface area contributed by atoms with Crippen molar-refractivity contribution in [2.24, 2.45) is 0 Å². The van der Waals surface area contributed by atoms with Gasteiger partial charge in [0.1, 0.15) is 0 Å². The van der Waals surface area contributed by atoms with Gasteiger partial charge in [-0.05, 0) is 13.8 Å². The van der Waals surface area contributed by atoms with Crippen LogP contribution in [0.4, 0.5) is 0 Å². The highest BCUT2D eigenvalue weighted by Gasteiger charge is 2.28. The molecule has 0 bridgehead atoms. The summed E-state index contributed by atoms with van der Waals surface area (Å²) in [7, 11) is 0. The zero-order chi connectivity index (χ0) is 10.0. The van der Waals surface area contributed by atoms with E-state index in [0.717, 1.165) is 12.1 Å². The second kappa shape index (κ2) is 3.64. The Morgan fingerprint density at radius 3 is 2.85 bits per heavy atom. The van der Waals surface area contributed by atoms with E-state index < -0.39 is 0 Å². The van der Waals surface area contributed by atoms with Crippen molar-refractivity contribution in [2.45, 2.75) is 19.9 Å². The third-order valence-electron chi connectivity index (χ3n) is 2.35. The van der Waals surface area contributed by atoms with Gasteiger partial charge in [-0.2, -0.15) is 0 Å². The molecule has 1 rings (SSSR count). The molecule has 1 amide bonds. The number of amides is 1. The van der Waals surface area contributed by atoms with Crippen LogP contribution in [0.25, 0.3) is 0 Å². The first-order valence-corrected chi connectivity index (χ1v) is 4.47. The molecule has 0 aromatic rings. The molecule has 0 aliphatic carbocycles. The fourth-order valence-electron chi connectivity index (χ4n) is 1.57. The molecule has 0 saturated carbocycles. The number of nitrogens with one attached hydrogen (secondary N) is 1. The van der Waals surface area contributed by atoms with Crippen LogP contribution in [0, 0.1) is 0 Å². The van der Waals surface area contributed by atoms with E-state index in [9.17, 15) is 4.79 Å². The molecule has 1 aliphatic rings. The third-order valence-corrected chi connectivity index (χ3v) is 2.35. The standard InChI is InChI=1S/C10H16N2O/c1-5-12-8(4)10(13)11-6-9(12)7(2)3/h9H,2,4-6H2,1,3H3,(H,11,13). The molecule has 1 aliphatic heterocycles. The predicted octanol–water partition coefficient (Wildman–Crippen LogP) is 0.896. The Hall–Kier alpha value is -1.25. The first-order chi connectivity index (χ1) is 6.07. The summed E-state index contributed by atoms with van der Waals surface area (Å²) < 4.78 is 0. The maximum absolute atomic E-state index is 11.2. The van der Waals surface area contributed by atoms with Gasteiger partial charge in [-0.15, -0.1) is 0 Å². The second-order valence-corrected chi connectivity index (χ2v) is 3.30. The smallest absolute Gasteiger partial charge is 0.267 e. The van der Waals surface area contributed by atoms with E-state index in [1.807, 2.05) is 18.7 Å². The Morgan fingerprint density at radius 1 is 1.77 bits per heavy atom. The number of hydrogen-bond acceptors (Lipinski definition) is 2. The van der Waals surface area contributed by atoms with Gasteiger partial charge >= 0.3 is 0 Å². The van der Waals surface area contributed by atoms with E-state index in [1.165, 1.54) is 0 Å². The number of carbonyl (C=O) groups is 1. The lowest BCUT2D eigenvalue weighted by Gasteiger charge is -2.38. The molecule has 1 heterocycles. The predicted molar refractivity (Wildman–Crippen MR) is 53.1 cm³/mol. The molecular formula is C10H16N2O. The molecule has 1 atom stereocenters. The Morgan fingerprint density at radius 2 is 2.38 bits per heavy atom. The molecule has 0 aromatic heterocycles. The number of rotatable bonds is 2. The summed E-state index contributed by atoms with van der Waals surface area (Å²) in [5, 5.41) is 2.79.